The Kier molecular flexibility index (Phi) is 3.76. The van der Waals surface area contributed by atoms with E-state index in [4.69, 9.17) is 4.74 Å². The molecule has 0 aliphatic carbocycles. The second-order valence-electron chi connectivity index (χ2n) is 5.45. The van der Waals surface area contributed by atoms with Crippen LogP contribution in [0.2, 0.25) is 0 Å². The van der Waals surface area contributed by atoms with Crippen LogP contribution < -0.4 is 0 Å². The zero-order valence-electron chi connectivity index (χ0n) is 11.7. The summed E-state index contributed by atoms with van der Waals surface area (Å²) in [6.45, 7) is 6.57. The van der Waals surface area contributed by atoms with Crippen LogP contribution in [-0.4, -0.2) is 13.1 Å². The van der Waals surface area contributed by atoms with Crippen LogP contribution in [-0.2, 0) is 10.2 Å². The highest BCUT2D eigenvalue weighted by molar-refractivity contribution is 7.15. The number of carbonyl (C=O) groups is 1. The summed E-state index contributed by atoms with van der Waals surface area (Å²) in [6.07, 6.45) is 0. The zero-order valence-corrected chi connectivity index (χ0v) is 12.5. The summed E-state index contributed by atoms with van der Waals surface area (Å²) in [5.41, 5.74) is 1.69. The predicted molar refractivity (Wildman–Crippen MR) is 79.8 cm³/mol. The number of esters is 1. The molecule has 2 nitrogen and oxygen atoms in total. The van der Waals surface area contributed by atoms with Gasteiger partial charge in [-0.15, -0.1) is 11.3 Å². The Morgan fingerprint density at radius 2 is 1.79 bits per heavy atom. The molecule has 3 heteroatoms. The number of methoxy groups -OCH3 is 1. The summed E-state index contributed by atoms with van der Waals surface area (Å²) in [5, 5.41) is 0. The van der Waals surface area contributed by atoms with Crippen LogP contribution in [0, 0.1) is 0 Å². The average molecular weight is 274 g/mol. The maximum absolute atomic E-state index is 11.8. The molecule has 0 aliphatic heterocycles. The minimum atomic E-state index is -0.290. The lowest BCUT2D eigenvalue weighted by molar-refractivity contribution is 0.0601. The van der Waals surface area contributed by atoms with Crippen LogP contribution in [0.3, 0.4) is 0 Å². The van der Waals surface area contributed by atoms with Crippen molar-refractivity contribution in [2.24, 2.45) is 0 Å². The van der Waals surface area contributed by atoms with Gasteiger partial charge in [-0.1, -0.05) is 39.0 Å². The number of hydrogen-bond donors (Lipinski definition) is 0. The van der Waals surface area contributed by atoms with E-state index in [0.717, 1.165) is 10.4 Å². The molecule has 0 bridgehead atoms. The highest BCUT2D eigenvalue weighted by atomic mass is 32.1. The molecule has 0 saturated heterocycles. The first-order chi connectivity index (χ1) is 8.93. The minimum absolute atomic E-state index is 0.128. The van der Waals surface area contributed by atoms with Gasteiger partial charge in [0, 0.05) is 15.3 Å². The van der Waals surface area contributed by atoms with Gasteiger partial charge in [-0.3, -0.25) is 0 Å². The number of rotatable bonds is 2. The predicted octanol–water partition coefficient (Wildman–Crippen LogP) is 4.50. The SMILES string of the molecule is COC(=O)c1ccccc1-c1ccc(C(C)(C)C)s1. The second kappa shape index (κ2) is 5.17. The Hall–Kier alpha value is -1.61. The summed E-state index contributed by atoms with van der Waals surface area (Å²) in [5.74, 6) is -0.290. The van der Waals surface area contributed by atoms with E-state index in [1.54, 1.807) is 17.4 Å². The van der Waals surface area contributed by atoms with Crippen molar-refractivity contribution in [2.45, 2.75) is 26.2 Å². The summed E-state index contributed by atoms with van der Waals surface area (Å²) in [7, 11) is 1.41. The Bertz CT molecular complexity index is 591. The molecule has 0 atom stereocenters. The first-order valence-corrected chi connectivity index (χ1v) is 7.03. The summed E-state index contributed by atoms with van der Waals surface area (Å²) in [6, 6.07) is 11.8. The highest BCUT2D eigenvalue weighted by Gasteiger charge is 2.19. The van der Waals surface area contributed by atoms with Crippen molar-refractivity contribution in [1.29, 1.82) is 0 Å². The van der Waals surface area contributed by atoms with Crippen LogP contribution in [0.1, 0.15) is 36.0 Å². The third kappa shape index (κ3) is 2.87. The lowest BCUT2D eigenvalue weighted by atomic mass is 9.95. The van der Waals surface area contributed by atoms with E-state index < -0.39 is 0 Å². The monoisotopic (exact) mass is 274 g/mol. The van der Waals surface area contributed by atoms with Crippen LogP contribution in [0.4, 0.5) is 0 Å². The van der Waals surface area contributed by atoms with Gasteiger partial charge in [-0.05, 0) is 23.6 Å². The molecular weight excluding hydrogens is 256 g/mol. The Labute approximate surface area is 118 Å². The van der Waals surface area contributed by atoms with Crippen molar-refractivity contribution in [1.82, 2.24) is 0 Å². The number of thiophene rings is 1. The number of ether oxygens (including phenoxy) is 1. The van der Waals surface area contributed by atoms with E-state index in [1.165, 1.54) is 12.0 Å². The Morgan fingerprint density at radius 3 is 2.37 bits per heavy atom. The quantitative estimate of drug-likeness (QED) is 0.754. The second-order valence-corrected chi connectivity index (χ2v) is 6.53. The van der Waals surface area contributed by atoms with Gasteiger partial charge in [-0.2, -0.15) is 0 Å². The molecule has 0 N–H and O–H groups in total. The van der Waals surface area contributed by atoms with Crippen molar-refractivity contribution in [3.63, 3.8) is 0 Å². The largest absolute Gasteiger partial charge is 0.465 e. The highest BCUT2D eigenvalue weighted by Crippen LogP contribution is 2.36. The summed E-state index contributed by atoms with van der Waals surface area (Å²) < 4.78 is 4.84. The van der Waals surface area contributed by atoms with Gasteiger partial charge in [0.25, 0.3) is 0 Å². The fraction of sp³-hybridized carbons (Fsp3) is 0.312. The molecule has 0 fully saturated rings. The fourth-order valence-corrected chi connectivity index (χ4v) is 2.97. The van der Waals surface area contributed by atoms with E-state index >= 15 is 0 Å². The molecule has 19 heavy (non-hydrogen) atoms. The van der Waals surface area contributed by atoms with E-state index in [0.29, 0.717) is 5.56 Å². The van der Waals surface area contributed by atoms with Crippen LogP contribution in [0.5, 0.6) is 0 Å². The molecule has 0 saturated carbocycles. The normalized spacial score (nSPS) is 11.4. The lowest BCUT2D eigenvalue weighted by Crippen LogP contribution is -2.07. The van der Waals surface area contributed by atoms with Crippen molar-refractivity contribution >= 4 is 17.3 Å². The first-order valence-electron chi connectivity index (χ1n) is 6.21. The molecule has 0 aliphatic rings. The van der Waals surface area contributed by atoms with Gasteiger partial charge < -0.3 is 4.74 Å². The fourth-order valence-electron chi connectivity index (χ4n) is 1.87. The summed E-state index contributed by atoms with van der Waals surface area (Å²) >= 11 is 1.73. The van der Waals surface area contributed by atoms with Gasteiger partial charge in [-0.25, -0.2) is 4.79 Å². The third-order valence-corrected chi connectivity index (χ3v) is 4.49. The average Bonchev–Trinajstić information content (AvgIpc) is 2.87. The van der Waals surface area contributed by atoms with Crippen LogP contribution in [0.25, 0.3) is 10.4 Å². The maximum Gasteiger partial charge on any atom is 0.338 e. The number of hydrogen-bond acceptors (Lipinski definition) is 3. The van der Waals surface area contributed by atoms with E-state index in [9.17, 15) is 4.79 Å². The minimum Gasteiger partial charge on any atom is -0.465 e. The van der Waals surface area contributed by atoms with Crippen molar-refractivity contribution in [3.05, 3.63) is 46.8 Å². The van der Waals surface area contributed by atoms with Gasteiger partial charge in [0.05, 0.1) is 12.7 Å². The number of carbonyl (C=O) groups excluding carboxylic acids is 1. The van der Waals surface area contributed by atoms with Gasteiger partial charge in [0.2, 0.25) is 0 Å². The smallest absolute Gasteiger partial charge is 0.338 e. The number of benzene rings is 1. The molecule has 2 rings (SSSR count). The van der Waals surface area contributed by atoms with Crippen molar-refractivity contribution < 1.29 is 9.53 Å². The molecule has 0 unspecified atom stereocenters. The molecule has 1 aromatic heterocycles. The first kappa shape index (κ1) is 13.8. The lowest BCUT2D eigenvalue weighted by Gasteiger charge is -2.15. The van der Waals surface area contributed by atoms with Crippen molar-refractivity contribution in [3.8, 4) is 10.4 Å². The molecule has 1 heterocycles. The van der Waals surface area contributed by atoms with E-state index in [2.05, 4.69) is 32.9 Å². The molecule has 2 aromatic rings. The Morgan fingerprint density at radius 1 is 1.11 bits per heavy atom. The molecule has 0 radical (unpaired) electrons. The molecule has 0 spiro atoms. The molecule has 100 valence electrons. The standard InChI is InChI=1S/C16H18O2S/c1-16(2,3)14-10-9-13(19-14)11-7-5-6-8-12(11)15(17)18-4/h5-10H,1-4H3. The van der Waals surface area contributed by atoms with Crippen LogP contribution >= 0.6 is 11.3 Å². The van der Waals surface area contributed by atoms with Gasteiger partial charge in [0.1, 0.15) is 0 Å². The van der Waals surface area contributed by atoms with Crippen LogP contribution in [0.15, 0.2) is 36.4 Å². The third-order valence-electron chi connectivity index (χ3n) is 2.94. The van der Waals surface area contributed by atoms with E-state index in [1.807, 2.05) is 18.2 Å². The Balaban J connectivity index is 2.48. The molecule has 1 aromatic carbocycles. The zero-order chi connectivity index (χ0) is 14.0. The van der Waals surface area contributed by atoms with Gasteiger partial charge in [0.15, 0.2) is 0 Å². The van der Waals surface area contributed by atoms with Gasteiger partial charge >= 0.3 is 5.97 Å². The topological polar surface area (TPSA) is 26.3 Å². The maximum atomic E-state index is 11.8. The summed E-state index contributed by atoms with van der Waals surface area (Å²) in [4.78, 5) is 14.2. The van der Waals surface area contributed by atoms with Crippen molar-refractivity contribution in [2.75, 3.05) is 7.11 Å². The molecular formula is C16H18O2S. The molecule has 0 amide bonds. The van der Waals surface area contributed by atoms with E-state index in [-0.39, 0.29) is 11.4 Å².